The van der Waals surface area contributed by atoms with E-state index in [9.17, 15) is 4.79 Å². The van der Waals surface area contributed by atoms with Gasteiger partial charge in [-0.05, 0) is 37.7 Å². The summed E-state index contributed by atoms with van der Waals surface area (Å²) in [6, 6.07) is 0. The van der Waals surface area contributed by atoms with Gasteiger partial charge in [0.1, 0.15) is 0 Å². The van der Waals surface area contributed by atoms with Crippen molar-refractivity contribution in [3.8, 4) is 0 Å². The fourth-order valence-corrected chi connectivity index (χ4v) is 1.41. The Labute approximate surface area is 101 Å². The van der Waals surface area contributed by atoms with Gasteiger partial charge in [-0.3, -0.25) is 4.79 Å². The van der Waals surface area contributed by atoms with E-state index in [1.165, 1.54) is 0 Å². The van der Waals surface area contributed by atoms with Crippen molar-refractivity contribution in [3.05, 3.63) is 12.2 Å². The third kappa shape index (κ3) is 7.49. The normalized spacial score (nSPS) is 11.7. The first-order chi connectivity index (χ1) is 7.47. The Balaban J connectivity index is 4.20. The summed E-state index contributed by atoms with van der Waals surface area (Å²) in [7, 11) is 0. The van der Waals surface area contributed by atoms with Crippen LogP contribution in [0.25, 0.3) is 0 Å². The second-order valence-electron chi connectivity index (χ2n) is 5.19. The molecule has 0 saturated heterocycles. The first-order valence-corrected chi connectivity index (χ1v) is 6.39. The van der Waals surface area contributed by atoms with E-state index < -0.39 is 0 Å². The van der Waals surface area contributed by atoms with Crippen molar-refractivity contribution in [1.82, 2.24) is 4.90 Å². The Morgan fingerprint density at radius 2 is 1.50 bits per heavy atom. The minimum absolute atomic E-state index is 0.156. The Morgan fingerprint density at radius 1 is 1.06 bits per heavy atom. The molecule has 0 aliphatic heterocycles. The van der Waals surface area contributed by atoms with E-state index >= 15 is 0 Å². The highest BCUT2D eigenvalue weighted by molar-refractivity contribution is 5.87. The molecule has 0 bridgehead atoms. The molecule has 0 aliphatic carbocycles. The molecule has 0 aromatic carbocycles. The summed E-state index contributed by atoms with van der Waals surface area (Å²) < 4.78 is 0. The predicted octanol–water partition coefficient (Wildman–Crippen LogP) is 3.48. The molecule has 0 atom stereocenters. The summed E-state index contributed by atoms with van der Waals surface area (Å²) in [4.78, 5) is 13.8. The Kier molecular flexibility index (Phi) is 7.96. The lowest BCUT2D eigenvalue weighted by molar-refractivity contribution is -0.126. The highest BCUT2D eigenvalue weighted by atomic mass is 16.2. The van der Waals surface area contributed by atoms with Crippen molar-refractivity contribution in [3.63, 3.8) is 0 Å². The van der Waals surface area contributed by atoms with E-state index in [1.54, 1.807) is 6.08 Å². The molecular weight excluding hydrogens is 198 g/mol. The lowest BCUT2D eigenvalue weighted by Gasteiger charge is -2.23. The fraction of sp³-hybridized carbons (Fsp3) is 0.786. The molecular formula is C14H27NO. The van der Waals surface area contributed by atoms with Crippen molar-refractivity contribution in [2.24, 2.45) is 11.8 Å². The number of allylic oxidation sites excluding steroid dienone is 1. The van der Waals surface area contributed by atoms with Crippen molar-refractivity contribution in [1.29, 1.82) is 0 Å². The molecule has 0 saturated carbocycles. The third-order valence-electron chi connectivity index (χ3n) is 2.57. The Bertz CT molecular complexity index is 207. The van der Waals surface area contributed by atoms with Crippen LogP contribution in [0.15, 0.2) is 12.2 Å². The van der Waals surface area contributed by atoms with Crippen LogP contribution in [0, 0.1) is 11.8 Å². The molecule has 0 radical (unpaired) electrons. The molecule has 16 heavy (non-hydrogen) atoms. The van der Waals surface area contributed by atoms with Gasteiger partial charge >= 0.3 is 0 Å². The number of amides is 1. The topological polar surface area (TPSA) is 20.3 Å². The quantitative estimate of drug-likeness (QED) is 0.607. The SMILES string of the molecule is CC=CC(=O)N(CCC(C)C)CCC(C)C. The zero-order valence-corrected chi connectivity index (χ0v) is 11.5. The maximum atomic E-state index is 11.8. The second-order valence-corrected chi connectivity index (χ2v) is 5.19. The molecule has 2 heteroatoms. The molecule has 2 nitrogen and oxygen atoms in total. The summed E-state index contributed by atoms with van der Waals surface area (Å²) in [6.07, 6.45) is 5.66. The lowest BCUT2D eigenvalue weighted by atomic mass is 10.1. The van der Waals surface area contributed by atoms with Crippen LogP contribution in [0.3, 0.4) is 0 Å². The zero-order valence-electron chi connectivity index (χ0n) is 11.5. The molecule has 0 spiro atoms. The molecule has 0 aromatic rings. The van der Waals surface area contributed by atoms with E-state index in [0.29, 0.717) is 11.8 Å². The van der Waals surface area contributed by atoms with Gasteiger partial charge in [-0.15, -0.1) is 0 Å². The van der Waals surface area contributed by atoms with Gasteiger partial charge in [0.25, 0.3) is 0 Å². The smallest absolute Gasteiger partial charge is 0.246 e. The molecule has 0 fully saturated rings. The number of nitrogens with zero attached hydrogens (tertiary/aromatic N) is 1. The van der Waals surface area contributed by atoms with Gasteiger partial charge in [0.15, 0.2) is 0 Å². The van der Waals surface area contributed by atoms with Gasteiger partial charge in [-0.1, -0.05) is 33.8 Å². The van der Waals surface area contributed by atoms with Gasteiger partial charge in [-0.25, -0.2) is 0 Å². The van der Waals surface area contributed by atoms with Crippen molar-refractivity contribution < 1.29 is 4.79 Å². The lowest BCUT2D eigenvalue weighted by Crippen LogP contribution is -2.32. The molecule has 0 heterocycles. The van der Waals surface area contributed by atoms with Crippen LogP contribution in [0.4, 0.5) is 0 Å². The van der Waals surface area contributed by atoms with Gasteiger partial charge in [0, 0.05) is 13.1 Å². The van der Waals surface area contributed by atoms with E-state index in [-0.39, 0.29) is 5.91 Å². The Morgan fingerprint density at radius 3 is 1.81 bits per heavy atom. The first-order valence-electron chi connectivity index (χ1n) is 6.39. The van der Waals surface area contributed by atoms with Gasteiger partial charge < -0.3 is 4.90 Å². The van der Waals surface area contributed by atoms with Crippen molar-refractivity contribution >= 4 is 5.91 Å². The van der Waals surface area contributed by atoms with Crippen LogP contribution in [0.5, 0.6) is 0 Å². The van der Waals surface area contributed by atoms with E-state index in [4.69, 9.17) is 0 Å². The van der Waals surface area contributed by atoms with E-state index in [1.807, 2.05) is 17.9 Å². The number of carbonyl (C=O) groups excluding carboxylic acids is 1. The molecule has 0 N–H and O–H groups in total. The molecule has 0 rings (SSSR count). The largest absolute Gasteiger partial charge is 0.339 e. The van der Waals surface area contributed by atoms with Gasteiger partial charge in [-0.2, -0.15) is 0 Å². The van der Waals surface area contributed by atoms with E-state index in [0.717, 1.165) is 25.9 Å². The average Bonchev–Trinajstić information content (AvgIpc) is 2.17. The summed E-state index contributed by atoms with van der Waals surface area (Å²) in [5.41, 5.74) is 0. The van der Waals surface area contributed by atoms with Crippen LogP contribution in [0.1, 0.15) is 47.5 Å². The van der Waals surface area contributed by atoms with Crippen LogP contribution in [0.2, 0.25) is 0 Å². The Hall–Kier alpha value is -0.790. The predicted molar refractivity (Wildman–Crippen MR) is 70.3 cm³/mol. The molecule has 94 valence electrons. The van der Waals surface area contributed by atoms with Crippen molar-refractivity contribution in [2.75, 3.05) is 13.1 Å². The summed E-state index contributed by atoms with van der Waals surface area (Å²) in [5.74, 6) is 1.46. The van der Waals surface area contributed by atoms with Crippen LogP contribution in [-0.2, 0) is 4.79 Å². The highest BCUT2D eigenvalue weighted by Gasteiger charge is 2.11. The molecule has 0 aliphatic rings. The summed E-state index contributed by atoms with van der Waals surface area (Å²) in [5, 5.41) is 0. The number of rotatable bonds is 7. The minimum atomic E-state index is 0.156. The van der Waals surface area contributed by atoms with Crippen LogP contribution < -0.4 is 0 Å². The number of carbonyl (C=O) groups is 1. The molecule has 0 unspecified atom stereocenters. The second kappa shape index (κ2) is 8.37. The fourth-order valence-electron chi connectivity index (χ4n) is 1.41. The van der Waals surface area contributed by atoms with Gasteiger partial charge in [0.05, 0.1) is 0 Å². The summed E-state index contributed by atoms with van der Waals surface area (Å²) >= 11 is 0. The maximum absolute atomic E-state index is 11.8. The standard InChI is InChI=1S/C14H27NO/c1-6-7-14(16)15(10-8-12(2)3)11-9-13(4)5/h6-7,12-13H,8-11H2,1-5H3. The molecule has 0 aromatic heterocycles. The average molecular weight is 225 g/mol. The summed E-state index contributed by atoms with van der Waals surface area (Å²) in [6.45, 7) is 12.4. The van der Waals surface area contributed by atoms with Crippen molar-refractivity contribution in [2.45, 2.75) is 47.5 Å². The zero-order chi connectivity index (χ0) is 12.6. The van der Waals surface area contributed by atoms with Crippen LogP contribution in [-0.4, -0.2) is 23.9 Å². The van der Waals surface area contributed by atoms with E-state index in [2.05, 4.69) is 27.7 Å². The molecule has 1 amide bonds. The maximum Gasteiger partial charge on any atom is 0.246 e. The van der Waals surface area contributed by atoms with Gasteiger partial charge in [0.2, 0.25) is 5.91 Å². The minimum Gasteiger partial charge on any atom is -0.339 e. The first kappa shape index (κ1) is 15.2. The van der Waals surface area contributed by atoms with Crippen LogP contribution >= 0.6 is 0 Å². The highest BCUT2D eigenvalue weighted by Crippen LogP contribution is 2.07. The monoisotopic (exact) mass is 225 g/mol. The third-order valence-corrected chi connectivity index (χ3v) is 2.57. The number of hydrogen-bond donors (Lipinski definition) is 0. The number of hydrogen-bond acceptors (Lipinski definition) is 1.